The largest absolute Gasteiger partial charge is 0.435 e. The Kier molecular flexibility index (Phi) is 1.54. The second-order valence-corrected chi connectivity index (χ2v) is 2.14. The van der Waals surface area contributed by atoms with Crippen molar-refractivity contribution in [3.8, 4) is 0 Å². The van der Waals surface area contributed by atoms with Crippen molar-refractivity contribution in [1.29, 1.82) is 0 Å². The van der Waals surface area contributed by atoms with E-state index in [0.29, 0.717) is 4.79 Å². The Morgan fingerprint density at radius 3 is 2.27 bits per heavy atom. The average molecular weight is 165 g/mol. The first-order chi connectivity index (χ1) is 4.91. The lowest BCUT2D eigenvalue weighted by Gasteiger charge is -2.01. The van der Waals surface area contributed by atoms with Gasteiger partial charge < -0.3 is 5.84 Å². The van der Waals surface area contributed by atoms with Gasteiger partial charge in [-0.1, -0.05) is 0 Å². The van der Waals surface area contributed by atoms with E-state index in [2.05, 4.69) is 5.10 Å². The monoisotopic (exact) mass is 165 g/mol. The molecule has 1 aromatic rings. The summed E-state index contributed by atoms with van der Waals surface area (Å²) in [4.78, 5) is 0.651. The van der Waals surface area contributed by atoms with Crippen LogP contribution in [-0.4, -0.2) is 9.89 Å². The van der Waals surface area contributed by atoms with Crippen LogP contribution in [0.5, 0.6) is 0 Å². The number of nitrogen functional groups attached to an aromatic ring is 1. The molecule has 1 rings (SSSR count). The van der Waals surface area contributed by atoms with E-state index in [0.717, 1.165) is 6.20 Å². The van der Waals surface area contributed by atoms with Crippen molar-refractivity contribution in [3.63, 3.8) is 0 Å². The van der Waals surface area contributed by atoms with Crippen molar-refractivity contribution in [2.45, 2.75) is 13.1 Å². The van der Waals surface area contributed by atoms with E-state index in [-0.39, 0.29) is 5.56 Å². The summed E-state index contributed by atoms with van der Waals surface area (Å²) in [6, 6.07) is 0. The van der Waals surface area contributed by atoms with E-state index in [4.69, 9.17) is 5.84 Å². The summed E-state index contributed by atoms with van der Waals surface area (Å²) in [6.45, 7) is 1.30. The van der Waals surface area contributed by atoms with Crippen LogP contribution in [0.25, 0.3) is 0 Å². The molecule has 0 saturated carbocycles. The summed E-state index contributed by atoms with van der Waals surface area (Å²) >= 11 is 0. The van der Waals surface area contributed by atoms with E-state index >= 15 is 0 Å². The van der Waals surface area contributed by atoms with Gasteiger partial charge in [0.15, 0.2) is 5.69 Å². The number of halogens is 3. The van der Waals surface area contributed by atoms with Crippen LogP contribution in [0.3, 0.4) is 0 Å². The summed E-state index contributed by atoms with van der Waals surface area (Å²) < 4.78 is 35.8. The molecule has 0 bridgehead atoms. The van der Waals surface area contributed by atoms with Crippen molar-refractivity contribution < 1.29 is 13.2 Å². The number of nitrogens with two attached hydrogens (primary N) is 1. The van der Waals surface area contributed by atoms with E-state index in [1.54, 1.807) is 0 Å². The SMILES string of the molecule is Cc1cn(N)nc1C(F)(F)F. The van der Waals surface area contributed by atoms with Gasteiger partial charge in [0.2, 0.25) is 0 Å². The number of hydrogen-bond donors (Lipinski definition) is 1. The smallest absolute Gasteiger partial charge is 0.323 e. The van der Waals surface area contributed by atoms with Crippen molar-refractivity contribution in [1.82, 2.24) is 9.89 Å². The van der Waals surface area contributed by atoms with Crippen LogP contribution in [0.4, 0.5) is 13.2 Å². The van der Waals surface area contributed by atoms with Crippen LogP contribution in [0.1, 0.15) is 11.3 Å². The van der Waals surface area contributed by atoms with Crippen LogP contribution in [-0.2, 0) is 6.18 Å². The molecule has 0 amide bonds. The van der Waals surface area contributed by atoms with E-state index in [1.807, 2.05) is 0 Å². The van der Waals surface area contributed by atoms with Gasteiger partial charge in [0, 0.05) is 5.56 Å². The minimum atomic E-state index is -4.41. The minimum absolute atomic E-state index is 0.0278. The molecule has 1 heterocycles. The predicted molar refractivity (Wildman–Crippen MR) is 32.1 cm³/mol. The van der Waals surface area contributed by atoms with Gasteiger partial charge in [-0.3, -0.25) is 0 Å². The van der Waals surface area contributed by atoms with Crippen molar-refractivity contribution in [3.05, 3.63) is 17.5 Å². The molecule has 0 radical (unpaired) electrons. The molecular formula is C5H6F3N3. The molecule has 0 spiro atoms. The summed E-state index contributed by atoms with van der Waals surface area (Å²) in [5.74, 6) is 4.98. The Bertz CT molecular complexity index is 262. The fourth-order valence-corrected chi connectivity index (χ4v) is 0.763. The molecule has 0 aliphatic heterocycles. The van der Waals surface area contributed by atoms with Crippen LogP contribution in [0, 0.1) is 6.92 Å². The van der Waals surface area contributed by atoms with E-state index in [1.165, 1.54) is 6.92 Å². The Morgan fingerprint density at radius 2 is 2.09 bits per heavy atom. The van der Waals surface area contributed by atoms with Crippen LogP contribution >= 0.6 is 0 Å². The molecule has 6 heteroatoms. The third-order valence-electron chi connectivity index (χ3n) is 1.18. The van der Waals surface area contributed by atoms with Gasteiger partial charge in [-0.25, -0.2) is 0 Å². The molecule has 0 atom stereocenters. The quantitative estimate of drug-likeness (QED) is 0.581. The number of hydrogen-bond acceptors (Lipinski definition) is 2. The zero-order valence-electron chi connectivity index (χ0n) is 5.68. The Hall–Kier alpha value is -1.20. The molecule has 62 valence electrons. The lowest BCUT2D eigenvalue weighted by atomic mass is 10.3. The zero-order valence-corrected chi connectivity index (χ0v) is 5.68. The first-order valence-corrected chi connectivity index (χ1v) is 2.80. The Balaban J connectivity index is 3.13. The maximum Gasteiger partial charge on any atom is 0.435 e. The van der Waals surface area contributed by atoms with E-state index < -0.39 is 11.9 Å². The molecule has 0 unspecified atom stereocenters. The fraction of sp³-hybridized carbons (Fsp3) is 0.400. The minimum Gasteiger partial charge on any atom is -0.323 e. The van der Waals surface area contributed by atoms with Gasteiger partial charge in [0.1, 0.15) is 0 Å². The topological polar surface area (TPSA) is 43.8 Å². The van der Waals surface area contributed by atoms with Gasteiger partial charge in [-0.05, 0) is 6.92 Å². The standard InChI is InChI=1S/C5H6F3N3/c1-3-2-11(9)10-4(3)5(6,7)8/h2H,9H2,1H3. The second-order valence-electron chi connectivity index (χ2n) is 2.14. The highest BCUT2D eigenvalue weighted by molar-refractivity contribution is 5.17. The highest BCUT2D eigenvalue weighted by atomic mass is 19.4. The summed E-state index contributed by atoms with van der Waals surface area (Å²) in [7, 11) is 0. The Labute approximate surface area is 60.6 Å². The van der Waals surface area contributed by atoms with Gasteiger partial charge >= 0.3 is 6.18 Å². The third-order valence-corrected chi connectivity index (χ3v) is 1.18. The third kappa shape index (κ3) is 1.44. The summed E-state index contributed by atoms with van der Waals surface area (Å²) in [5.41, 5.74) is -0.903. The number of rotatable bonds is 0. The van der Waals surface area contributed by atoms with Gasteiger partial charge in [-0.15, -0.1) is 5.10 Å². The Morgan fingerprint density at radius 1 is 1.55 bits per heavy atom. The maximum absolute atomic E-state index is 11.9. The normalized spacial score (nSPS) is 12.0. The highest BCUT2D eigenvalue weighted by Gasteiger charge is 2.35. The average Bonchev–Trinajstić information content (AvgIpc) is 2.08. The molecule has 2 N–H and O–H groups in total. The lowest BCUT2D eigenvalue weighted by Crippen LogP contribution is -2.12. The first kappa shape index (κ1) is 7.90. The summed E-state index contributed by atoms with van der Waals surface area (Å²) in [5, 5.41) is 3.05. The molecule has 0 aromatic carbocycles. The zero-order chi connectivity index (χ0) is 8.65. The van der Waals surface area contributed by atoms with Crippen LogP contribution in [0.2, 0.25) is 0 Å². The van der Waals surface area contributed by atoms with Gasteiger partial charge in [0.25, 0.3) is 0 Å². The molecule has 0 aliphatic rings. The molecular weight excluding hydrogens is 159 g/mol. The number of aryl methyl sites for hydroxylation is 1. The van der Waals surface area contributed by atoms with Crippen LogP contribution in [0.15, 0.2) is 6.20 Å². The second kappa shape index (κ2) is 2.14. The number of alkyl halides is 3. The van der Waals surface area contributed by atoms with Crippen molar-refractivity contribution >= 4 is 0 Å². The number of nitrogens with zero attached hydrogens (tertiary/aromatic N) is 2. The van der Waals surface area contributed by atoms with Gasteiger partial charge in [0.05, 0.1) is 6.20 Å². The highest BCUT2D eigenvalue weighted by Crippen LogP contribution is 2.29. The molecule has 0 fully saturated rings. The summed E-state index contributed by atoms with van der Waals surface area (Å²) in [6.07, 6.45) is -3.29. The van der Waals surface area contributed by atoms with Crippen molar-refractivity contribution in [2.24, 2.45) is 0 Å². The molecule has 0 aliphatic carbocycles. The van der Waals surface area contributed by atoms with E-state index in [9.17, 15) is 13.2 Å². The van der Waals surface area contributed by atoms with Gasteiger partial charge in [-0.2, -0.15) is 18.0 Å². The molecule has 0 saturated heterocycles. The predicted octanol–water partition coefficient (Wildman–Crippen LogP) is 0.924. The fourth-order valence-electron chi connectivity index (χ4n) is 0.763. The first-order valence-electron chi connectivity index (χ1n) is 2.80. The maximum atomic E-state index is 11.9. The molecule has 11 heavy (non-hydrogen) atoms. The molecule has 3 nitrogen and oxygen atoms in total. The van der Waals surface area contributed by atoms with Crippen LogP contribution < -0.4 is 5.84 Å². The van der Waals surface area contributed by atoms with Crippen molar-refractivity contribution in [2.75, 3.05) is 5.84 Å². The lowest BCUT2D eigenvalue weighted by molar-refractivity contribution is -0.141. The molecule has 1 aromatic heterocycles. The number of aromatic nitrogens is 2.